The Hall–Kier alpha value is -3.07. The minimum absolute atomic E-state index is 0.0826. The highest BCUT2D eigenvalue weighted by molar-refractivity contribution is 6.00. The Morgan fingerprint density at radius 1 is 1.14 bits per heavy atom. The molecular weight excluding hydrogens is 566 g/mol. The van der Waals surface area contributed by atoms with Crippen molar-refractivity contribution < 1.29 is 59.2 Å². The van der Waals surface area contributed by atoms with Gasteiger partial charge in [0.2, 0.25) is 12.2 Å². The number of aromatic carboxylic acids is 1. The van der Waals surface area contributed by atoms with E-state index in [1.54, 1.807) is 6.08 Å². The number of phenols is 1. The van der Waals surface area contributed by atoms with Crippen molar-refractivity contribution in [3.63, 3.8) is 0 Å². The number of ketones is 1. The van der Waals surface area contributed by atoms with E-state index in [1.165, 1.54) is 0 Å². The van der Waals surface area contributed by atoms with Crippen LogP contribution in [0.2, 0.25) is 0 Å². The molecule has 0 aromatic heterocycles. The summed E-state index contributed by atoms with van der Waals surface area (Å²) >= 11 is 0. The molecular formula is C30H37NO12. The summed E-state index contributed by atoms with van der Waals surface area (Å²) in [6.45, 7) is 3.30. The molecule has 6 aliphatic rings. The number of carbonyl (C=O) groups is 3. The maximum Gasteiger partial charge on any atom is 0.339 e. The molecule has 4 bridgehead atoms. The van der Waals surface area contributed by atoms with Gasteiger partial charge in [-0.2, -0.15) is 0 Å². The highest BCUT2D eigenvalue weighted by atomic mass is 16.7. The van der Waals surface area contributed by atoms with Gasteiger partial charge in [-0.25, -0.2) is 4.79 Å². The van der Waals surface area contributed by atoms with E-state index >= 15 is 0 Å². The van der Waals surface area contributed by atoms with E-state index in [1.807, 2.05) is 13.0 Å². The van der Waals surface area contributed by atoms with Crippen molar-refractivity contribution in [2.45, 2.75) is 88.4 Å². The van der Waals surface area contributed by atoms with Crippen LogP contribution < -0.4 is 10.1 Å². The number of rotatable bonds is 8. The summed E-state index contributed by atoms with van der Waals surface area (Å²) in [5.41, 5.74) is -2.21. The molecule has 1 aromatic carbocycles. The van der Waals surface area contributed by atoms with Gasteiger partial charge in [0.25, 0.3) is 0 Å². The normalized spacial score (nSPS) is 42.6. The van der Waals surface area contributed by atoms with Crippen LogP contribution in [0.1, 0.15) is 56.3 Å². The van der Waals surface area contributed by atoms with Crippen molar-refractivity contribution in [1.29, 1.82) is 0 Å². The molecule has 13 heteroatoms. The van der Waals surface area contributed by atoms with Crippen LogP contribution in [-0.2, 0) is 19.1 Å². The Morgan fingerprint density at radius 3 is 2.56 bits per heavy atom. The zero-order valence-electron chi connectivity index (χ0n) is 23.8. The van der Waals surface area contributed by atoms with Crippen LogP contribution in [0, 0.1) is 22.7 Å². The number of benzene rings is 1. The van der Waals surface area contributed by atoms with Gasteiger partial charge in [-0.05, 0) is 62.1 Å². The molecule has 2 saturated carbocycles. The minimum atomic E-state index is -1.79. The van der Waals surface area contributed by atoms with Crippen LogP contribution in [0.4, 0.5) is 5.69 Å². The number of carbonyl (C=O) groups excluding carboxylic acids is 2. The number of hydrogen-bond donors (Lipinski definition) is 7. The van der Waals surface area contributed by atoms with E-state index in [9.17, 15) is 45.0 Å². The molecule has 1 amide bonds. The lowest BCUT2D eigenvalue weighted by molar-refractivity contribution is -0.277. The van der Waals surface area contributed by atoms with Gasteiger partial charge in [0.1, 0.15) is 41.4 Å². The molecule has 1 aromatic rings. The number of hydrogen-bond acceptors (Lipinski definition) is 11. The predicted molar refractivity (Wildman–Crippen MR) is 146 cm³/mol. The Labute approximate surface area is 247 Å². The number of aromatic hydroxyl groups is 1. The van der Waals surface area contributed by atoms with Gasteiger partial charge in [-0.3, -0.25) is 9.59 Å². The molecule has 0 radical (unpaired) electrons. The highest BCUT2D eigenvalue weighted by Gasteiger charge is 2.71. The Bertz CT molecular complexity index is 1380. The quantitative estimate of drug-likeness (QED) is 0.205. The lowest BCUT2D eigenvalue weighted by atomic mass is 9.51. The third-order valence-electron chi connectivity index (χ3n) is 10.5. The summed E-state index contributed by atoms with van der Waals surface area (Å²) in [6.07, 6.45) is -1.86. The molecule has 1 unspecified atom stereocenters. The number of aliphatic hydroxyl groups excluding tert-OH is 4. The summed E-state index contributed by atoms with van der Waals surface area (Å²) in [5, 5.41) is 62.9. The average Bonchev–Trinajstić information content (AvgIpc) is 3.32. The molecule has 7 rings (SSSR count). The zero-order valence-corrected chi connectivity index (χ0v) is 23.8. The first kappa shape index (κ1) is 30.0. The standard InChI is InChI=1S/C30H37NO12/c1-28(18(33)5-8-30-10-13-9-16(25(28)30)43-29(13,2)12-30)7-6-19(34)31-20-15(4-3-14(21(20)35)26(39)40)41-27-24(38)23(37)22(36)17(11-32)42-27/h3-5,8,13,16-17,22-25,27,32,35-38H,6-7,9-12H2,1-2H3,(H,31,34)(H,39,40)/t13-,16+,17+,22+,23-,24+,25?,27+,28-,29+,30+/m1/s1. The molecule has 43 heavy (non-hydrogen) atoms. The summed E-state index contributed by atoms with van der Waals surface area (Å²) in [4.78, 5) is 38.4. The number of amides is 1. The first-order valence-corrected chi connectivity index (χ1v) is 14.5. The topological polar surface area (TPSA) is 212 Å². The summed E-state index contributed by atoms with van der Waals surface area (Å²) in [7, 11) is 0. The molecule has 13 nitrogen and oxygen atoms in total. The number of carboxylic acid groups (broad SMARTS) is 1. The number of allylic oxidation sites excluding steroid dienone is 2. The van der Waals surface area contributed by atoms with E-state index in [2.05, 4.69) is 12.2 Å². The van der Waals surface area contributed by atoms with Crippen LogP contribution in [0.5, 0.6) is 11.5 Å². The molecule has 1 spiro atoms. The van der Waals surface area contributed by atoms with Crippen LogP contribution in [-0.4, -0.2) is 97.3 Å². The maximum absolute atomic E-state index is 13.3. The van der Waals surface area contributed by atoms with Crippen molar-refractivity contribution in [2.24, 2.45) is 22.7 Å². The second kappa shape index (κ2) is 10.2. The number of nitrogens with one attached hydrogen (secondary N) is 1. The second-order valence-corrected chi connectivity index (χ2v) is 13.1. The van der Waals surface area contributed by atoms with Crippen molar-refractivity contribution in [3.05, 3.63) is 29.8 Å². The number of aliphatic hydroxyl groups is 4. The SMILES string of the molecule is C[C@@]1(CCC(=O)Nc2c(O[C@H]3O[C@@H](CO)[C@H](O)[C@@H](O)[C@@H]3O)ccc(C(=O)O)c2O)C(=O)C=C[C@]23C[C@H]4C[C@H](O[C@@]4(C)C2)C31. The fraction of sp³-hybridized carbons (Fsp3) is 0.633. The van der Waals surface area contributed by atoms with Gasteiger partial charge >= 0.3 is 5.97 Å². The number of anilines is 1. The van der Waals surface area contributed by atoms with Gasteiger partial charge in [0.15, 0.2) is 11.5 Å². The van der Waals surface area contributed by atoms with Crippen LogP contribution >= 0.6 is 0 Å². The Kier molecular flexibility index (Phi) is 7.14. The van der Waals surface area contributed by atoms with Crippen LogP contribution in [0.15, 0.2) is 24.3 Å². The lowest BCUT2D eigenvalue weighted by Crippen LogP contribution is -2.60. The second-order valence-electron chi connectivity index (χ2n) is 13.1. The molecule has 3 saturated heterocycles. The van der Waals surface area contributed by atoms with Crippen LogP contribution in [0.3, 0.4) is 0 Å². The molecule has 3 aliphatic heterocycles. The van der Waals surface area contributed by atoms with Crippen molar-refractivity contribution >= 4 is 23.3 Å². The van der Waals surface area contributed by atoms with Gasteiger partial charge < -0.3 is 50.2 Å². The summed E-state index contributed by atoms with van der Waals surface area (Å²) in [5.74, 6) is -2.97. The molecule has 234 valence electrons. The highest BCUT2D eigenvalue weighted by Crippen LogP contribution is 2.71. The van der Waals surface area contributed by atoms with Crippen molar-refractivity contribution in [1.82, 2.24) is 0 Å². The average molecular weight is 604 g/mol. The molecule has 3 aliphatic carbocycles. The van der Waals surface area contributed by atoms with E-state index in [4.69, 9.17) is 14.2 Å². The fourth-order valence-electron chi connectivity index (χ4n) is 8.47. The Morgan fingerprint density at radius 2 is 1.88 bits per heavy atom. The first-order chi connectivity index (χ1) is 20.2. The number of ether oxygens (including phenoxy) is 3. The van der Waals surface area contributed by atoms with Crippen LogP contribution in [0.25, 0.3) is 0 Å². The summed E-state index contributed by atoms with van der Waals surface area (Å²) in [6, 6.07) is 2.15. The molecule has 5 fully saturated rings. The first-order valence-electron chi connectivity index (χ1n) is 14.5. The third kappa shape index (κ3) is 4.56. The monoisotopic (exact) mass is 603 g/mol. The third-order valence-corrected chi connectivity index (χ3v) is 10.5. The zero-order chi connectivity index (χ0) is 31.1. The van der Waals surface area contributed by atoms with Gasteiger partial charge in [-0.1, -0.05) is 13.0 Å². The summed E-state index contributed by atoms with van der Waals surface area (Å²) < 4.78 is 17.4. The van der Waals surface area contributed by atoms with Gasteiger partial charge in [-0.15, -0.1) is 0 Å². The van der Waals surface area contributed by atoms with Crippen molar-refractivity contribution in [2.75, 3.05) is 11.9 Å². The fourth-order valence-corrected chi connectivity index (χ4v) is 8.47. The minimum Gasteiger partial charge on any atom is -0.505 e. The predicted octanol–water partition coefficient (Wildman–Crippen LogP) is 0.707. The molecule has 11 atom stereocenters. The largest absolute Gasteiger partial charge is 0.505 e. The van der Waals surface area contributed by atoms with E-state index in [0.717, 1.165) is 31.4 Å². The number of carboxylic acids is 1. The van der Waals surface area contributed by atoms with Crippen molar-refractivity contribution in [3.8, 4) is 11.5 Å². The maximum atomic E-state index is 13.3. The van der Waals surface area contributed by atoms with E-state index in [-0.39, 0.29) is 47.4 Å². The lowest BCUT2D eigenvalue weighted by Gasteiger charge is -2.55. The van der Waals surface area contributed by atoms with E-state index in [0.29, 0.717) is 5.92 Å². The van der Waals surface area contributed by atoms with Gasteiger partial charge in [0.05, 0.1) is 18.3 Å². The smallest absolute Gasteiger partial charge is 0.339 e. The molecule has 7 N–H and O–H groups in total. The Balaban J connectivity index is 1.22. The van der Waals surface area contributed by atoms with Gasteiger partial charge in [0, 0.05) is 17.8 Å². The van der Waals surface area contributed by atoms with E-state index < -0.39 is 71.6 Å². The molecule has 3 heterocycles.